The van der Waals surface area contributed by atoms with E-state index in [-0.39, 0.29) is 24.5 Å². The van der Waals surface area contributed by atoms with Crippen LogP contribution >= 0.6 is 23.1 Å². The second-order valence-corrected chi connectivity index (χ2v) is 9.40. The van der Waals surface area contributed by atoms with E-state index in [1.54, 1.807) is 11.8 Å². The SMILES string of the molecule is C[C@@H]1OC(=O)N(CCSc2nc(C(=O)O)cs2)[C@H]1/C=C/CC(C)(O)CCCCF. The van der Waals surface area contributed by atoms with Gasteiger partial charge in [0.15, 0.2) is 10.0 Å². The first-order valence-corrected chi connectivity index (χ1v) is 11.3. The Labute approximate surface area is 178 Å². The number of amides is 1. The molecular formula is C19H27FN2O5S2. The van der Waals surface area contributed by atoms with Crippen molar-refractivity contribution < 1.29 is 28.9 Å². The highest BCUT2D eigenvalue weighted by molar-refractivity contribution is 8.01. The van der Waals surface area contributed by atoms with Gasteiger partial charge in [-0.05, 0) is 39.5 Å². The first kappa shape index (κ1) is 23.6. The third-order valence-electron chi connectivity index (χ3n) is 4.61. The molecule has 29 heavy (non-hydrogen) atoms. The van der Waals surface area contributed by atoms with Gasteiger partial charge < -0.3 is 14.9 Å². The zero-order valence-electron chi connectivity index (χ0n) is 16.5. The maximum absolute atomic E-state index is 12.2. The Kier molecular flexibility index (Phi) is 8.91. The lowest BCUT2D eigenvalue weighted by atomic mass is 9.94. The highest BCUT2D eigenvalue weighted by Gasteiger charge is 2.37. The summed E-state index contributed by atoms with van der Waals surface area (Å²) in [4.78, 5) is 28.7. The number of rotatable bonds is 12. The summed E-state index contributed by atoms with van der Waals surface area (Å²) in [6.07, 6.45) is 5.02. The van der Waals surface area contributed by atoms with Crippen LogP contribution in [0.25, 0.3) is 0 Å². The van der Waals surface area contributed by atoms with Crippen LogP contribution in [-0.4, -0.2) is 68.9 Å². The van der Waals surface area contributed by atoms with Gasteiger partial charge in [-0.3, -0.25) is 9.29 Å². The summed E-state index contributed by atoms with van der Waals surface area (Å²) >= 11 is 2.65. The normalized spacial score (nSPS) is 21.5. The molecule has 0 aromatic carbocycles. The Morgan fingerprint density at radius 3 is 2.93 bits per heavy atom. The van der Waals surface area contributed by atoms with Crippen LogP contribution in [0.2, 0.25) is 0 Å². The van der Waals surface area contributed by atoms with Crippen molar-refractivity contribution in [2.45, 2.75) is 61.6 Å². The Hall–Kier alpha value is -1.65. The number of nitrogens with zero attached hydrogens (tertiary/aromatic N) is 2. The molecule has 10 heteroatoms. The molecule has 1 aliphatic heterocycles. The number of carbonyl (C=O) groups is 2. The third-order valence-corrected chi connectivity index (χ3v) is 6.61. The number of aliphatic hydroxyl groups is 1. The topological polar surface area (TPSA) is 100.0 Å². The molecule has 1 aliphatic rings. The second kappa shape index (κ2) is 10.9. The zero-order valence-corrected chi connectivity index (χ0v) is 18.2. The molecule has 2 rings (SSSR count). The van der Waals surface area contributed by atoms with Crippen LogP contribution in [-0.2, 0) is 4.74 Å². The minimum atomic E-state index is -1.06. The van der Waals surface area contributed by atoms with Crippen molar-refractivity contribution in [3.05, 3.63) is 23.2 Å². The maximum Gasteiger partial charge on any atom is 0.410 e. The van der Waals surface area contributed by atoms with Crippen LogP contribution in [0, 0.1) is 0 Å². The van der Waals surface area contributed by atoms with Gasteiger partial charge in [-0.2, -0.15) is 0 Å². The number of thiazole rings is 1. The van der Waals surface area contributed by atoms with Crippen molar-refractivity contribution in [2.24, 2.45) is 0 Å². The quantitative estimate of drug-likeness (QED) is 0.285. The van der Waals surface area contributed by atoms with Gasteiger partial charge in [-0.25, -0.2) is 14.6 Å². The summed E-state index contributed by atoms with van der Waals surface area (Å²) in [5.74, 6) is -0.504. The minimum Gasteiger partial charge on any atom is -0.476 e. The maximum atomic E-state index is 12.2. The number of carboxylic acid groups (broad SMARTS) is 1. The molecule has 1 amide bonds. The number of ether oxygens (including phenoxy) is 1. The monoisotopic (exact) mass is 446 g/mol. The average molecular weight is 447 g/mol. The van der Waals surface area contributed by atoms with Crippen molar-refractivity contribution in [2.75, 3.05) is 19.0 Å². The van der Waals surface area contributed by atoms with E-state index in [0.717, 1.165) is 0 Å². The molecule has 1 fully saturated rings. The molecule has 0 aliphatic carbocycles. The van der Waals surface area contributed by atoms with E-state index in [1.807, 2.05) is 19.1 Å². The molecule has 0 radical (unpaired) electrons. The van der Waals surface area contributed by atoms with Gasteiger partial charge in [-0.1, -0.05) is 23.9 Å². The highest BCUT2D eigenvalue weighted by Crippen LogP contribution is 2.26. The van der Waals surface area contributed by atoms with Crippen LogP contribution in [0.15, 0.2) is 21.9 Å². The second-order valence-electron chi connectivity index (χ2n) is 7.20. The Bertz CT molecular complexity index is 725. The van der Waals surface area contributed by atoms with Gasteiger partial charge >= 0.3 is 12.1 Å². The molecule has 0 spiro atoms. The number of cyclic esters (lactones) is 1. The number of aromatic carboxylic acids is 1. The summed E-state index contributed by atoms with van der Waals surface area (Å²) < 4.78 is 18.2. The number of carboxylic acids is 1. The minimum absolute atomic E-state index is 0.0195. The molecule has 1 aromatic rings. The van der Waals surface area contributed by atoms with Crippen LogP contribution in [0.4, 0.5) is 9.18 Å². The number of halogens is 1. The van der Waals surface area contributed by atoms with Gasteiger partial charge in [0, 0.05) is 17.7 Å². The van der Waals surface area contributed by atoms with Gasteiger partial charge in [0.1, 0.15) is 6.10 Å². The van der Waals surface area contributed by atoms with E-state index in [1.165, 1.54) is 28.5 Å². The number of aromatic nitrogens is 1. The number of thioether (sulfide) groups is 1. The molecule has 2 heterocycles. The average Bonchev–Trinajstić information content (AvgIpc) is 3.21. The lowest BCUT2D eigenvalue weighted by Crippen LogP contribution is -2.36. The van der Waals surface area contributed by atoms with E-state index in [0.29, 0.717) is 42.3 Å². The van der Waals surface area contributed by atoms with E-state index < -0.39 is 17.7 Å². The summed E-state index contributed by atoms with van der Waals surface area (Å²) in [5.41, 5.74) is -0.891. The first-order valence-electron chi connectivity index (χ1n) is 9.47. The molecule has 2 N–H and O–H groups in total. The molecule has 0 saturated carbocycles. The highest BCUT2D eigenvalue weighted by atomic mass is 32.2. The number of unbranched alkanes of at least 4 members (excludes halogenated alkanes) is 1. The lowest BCUT2D eigenvalue weighted by molar-refractivity contribution is 0.0507. The fraction of sp³-hybridized carbons (Fsp3) is 0.632. The molecule has 1 saturated heterocycles. The predicted molar refractivity (Wildman–Crippen MR) is 110 cm³/mol. The summed E-state index contributed by atoms with van der Waals surface area (Å²) in [6, 6.07) is -0.240. The van der Waals surface area contributed by atoms with E-state index >= 15 is 0 Å². The fourth-order valence-electron chi connectivity index (χ4n) is 2.99. The Morgan fingerprint density at radius 1 is 1.52 bits per heavy atom. The lowest BCUT2D eigenvalue weighted by Gasteiger charge is -2.23. The van der Waals surface area contributed by atoms with Crippen molar-refractivity contribution in [3.8, 4) is 0 Å². The van der Waals surface area contributed by atoms with Crippen LogP contribution in [0.1, 0.15) is 50.0 Å². The Balaban J connectivity index is 1.87. The largest absolute Gasteiger partial charge is 0.476 e. The molecule has 3 atom stereocenters. The van der Waals surface area contributed by atoms with Crippen LogP contribution < -0.4 is 0 Å². The first-order chi connectivity index (χ1) is 13.7. The summed E-state index contributed by atoms with van der Waals surface area (Å²) in [5, 5.41) is 20.8. The van der Waals surface area contributed by atoms with E-state index in [2.05, 4.69) is 4.98 Å². The van der Waals surface area contributed by atoms with Gasteiger partial charge in [-0.15, -0.1) is 11.3 Å². The van der Waals surface area contributed by atoms with Crippen molar-refractivity contribution in [1.82, 2.24) is 9.88 Å². The summed E-state index contributed by atoms with van der Waals surface area (Å²) in [7, 11) is 0. The van der Waals surface area contributed by atoms with E-state index in [4.69, 9.17) is 9.84 Å². The van der Waals surface area contributed by atoms with Gasteiger partial charge in [0.05, 0.1) is 18.3 Å². The Morgan fingerprint density at radius 2 is 2.28 bits per heavy atom. The predicted octanol–water partition coefficient (Wildman–Crippen LogP) is 3.98. The third kappa shape index (κ3) is 7.27. The summed E-state index contributed by atoms with van der Waals surface area (Å²) in [6.45, 7) is 3.59. The van der Waals surface area contributed by atoms with Crippen LogP contribution in [0.3, 0.4) is 0 Å². The van der Waals surface area contributed by atoms with Crippen molar-refractivity contribution >= 4 is 35.2 Å². The number of hydrogen-bond acceptors (Lipinski definition) is 7. The zero-order chi connectivity index (χ0) is 21.4. The van der Waals surface area contributed by atoms with Crippen molar-refractivity contribution in [3.63, 3.8) is 0 Å². The smallest absolute Gasteiger partial charge is 0.410 e. The molecule has 1 unspecified atom stereocenters. The molecular weight excluding hydrogens is 419 g/mol. The standard InChI is InChI=1S/C19H27FN2O5S2/c1-13-15(6-5-8-19(2,26)7-3-4-9-20)22(18(25)27-13)10-11-28-17-21-14(12-29-17)16(23)24/h5-6,12-13,15,26H,3-4,7-11H2,1-2H3,(H,23,24)/b6-5+/t13-,15-,19?/m0/s1. The van der Waals surface area contributed by atoms with E-state index in [9.17, 15) is 19.1 Å². The number of carbonyl (C=O) groups excluding carboxylic acids is 1. The molecule has 1 aromatic heterocycles. The number of alkyl halides is 1. The van der Waals surface area contributed by atoms with Gasteiger partial charge in [0.25, 0.3) is 0 Å². The fourth-order valence-corrected chi connectivity index (χ4v) is 4.80. The van der Waals surface area contributed by atoms with Gasteiger partial charge in [0.2, 0.25) is 0 Å². The molecule has 0 bridgehead atoms. The molecule has 7 nitrogen and oxygen atoms in total. The van der Waals surface area contributed by atoms with Crippen LogP contribution in [0.5, 0.6) is 0 Å². The number of hydrogen-bond donors (Lipinski definition) is 2. The molecule has 162 valence electrons. The van der Waals surface area contributed by atoms with Crippen molar-refractivity contribution in [1.29, 1.82) is 0 Å².